The number of rotatable bonds is 2. The number of nitrogens with two attached hydrogens (primary N) is 1. The van der Waals surface area contributed by atoms with Crippen LogP contribution in [-0.4, -0.2) is 13.1 Å². The van der Waals surface area contributed by atoms with Gasteiger partial charge in [-0.15, -0.1) is 0 Å². The molecule has 0 aliphatic heterocycles. The average molecular weight is 258 g/mol. The summed E-state index contributed by atoms with van der Waals surface area (Å²) in [5, 5.41) is 8.81. The van der Waals surface area contributed by atoms with Crippen LogP contribution in [0.1, 0.15) is 27.0 Å². The Hall–Kier alpha value is -2.07. The topological polar surface area (TPSA) is 76.1 Å². The van der Waals surface area contributed by atoms with Crippen molar-refractivity contribution in [3.8, 4) is 6.07 Å². The van der Waals surface area contributed by atoms with E-state index in [1.54, 1.807) is 0 Å². The zero-order valence-electron chi connectivity index (χ0n) is 9.34. The SMILES string of the molecule is COC(=O)c1ccc(CN)c(C#N)c1C(F)(F)F. The second kappa shape index (κ2) is 5.06. The largest absolute Gasteiger partial charge is 0.465 e. The van der Waals surface area contributed by atoms with Crippen LogP contribution in [0.3, 0.4) is 0 Å². The maximum absolute atomic E-state index is 12.9. The lowest BCUT2D eigenvalue weighted by Crippen LogP contribution is -2.18. The smallest absolute Gasteiger partial charge is 0.418 e. The minimum atomic E-state index is -4.83. The van der Waals surface area contributed by atoms with Gasteiger partial charge in [0.1, 0.15) is 6.07 Å². The van der Waals surface area contributed by atoms with E-state index < -0.39 is 28.8 Å². The number of halogens is 3. The number of carbonyl (C=O) groups is 1. The second-order valence-electron chi connectivity index (χ2n) is 3.33. The third kappa shape index (κ3) is 2.43. The van der Waals surface area contributed by atoms with E-state index in [-0.39, 0.29) is 12.1 Å². The first kappa shape index (κ1) is 14.0. The van der Waals surface area contributed by atoms with Crippen molar-refractivity contribution in [2.45, 2.75) is 12.7 Å². The molecule has 18 heavy (non-hydrogen) atoms. The van der Waals surface area contributed by atoms with Crippen molar-refractivity contribution in [2.75, 3.05) is 7.11 Å². The zero-order chi connectivity index (χ0) is 13.9. The molecular formula is C11H9F3N2O2. The van der Waals surface area contributed by atoms with Gasteiger partial charge in [-0.3, -0.25) is 0 Å². The predicted octanol–water partition coefficient (Wildman–Crippen LogP) is 1.82. The third-order valence-electron chi connectivity index (χ3n) is 2.31. The molecule has 0 unspecified atom stereocenters. The van der Waals surface area contributed by atoms with Gasteiger partial charge >= 0.3 is 12.1 Å². The normalized spacial score (nSPS) is 10.9. The monoisotopic (exact) mass is 258 g/mol. The number of nitriles is 1. The highest BCUT2D eigenvalue weighted by atomic mass is 19.4. The lowest BCUT2D eigenvalue weighted by atomic mass is 9.96. The van der Waals surface area contributed by atoms with Crippen LogP contribution in [0.25, 0.3) is 0 Å². The summed E-state index contributed by atoms with van der Waals surface area (Å²) >= 11 is 0. The van der Waals surface area contributed by atoms with Crippen molar-refractivity contribution in [3.05, 3.63) is 34.4 Å². The highest BCUT2D eigenvalue weighted by molar-refractivity contribution is 5.92. The number of ether oxygens (including phenoxy) is 1. The Labute approximate surface area is 101 Å². The fourth-order valence-electron chi connectivity index (χ4n) is 1.52. The molecule has 1 aromatic rings. The second-order valence-corrected chi connectivity index (χ2v) is 3.33. The average Bonchev–Trinajstić information content (AvgIpc) is 2.34. The van der Waals surface area contributed by atoms with E-state index in [0.717, 1.165) is 13.2 Å². The minimum absolute atomic E-state index is 0.0254. The lowest BCUT2D eigenvalue weighted by molar-refractivity contribution is -0.138. The number of alkyl halides is 3. The van der Waals surface area contributed by atoms with Gasteiger partial charge in [-0.2, -0.15) is 18.4 Å². The van der Waals surface area contributed by atoms with Gasteiger partial charge in [-0.25, -0.2) is 4.79 Å². The van der Waals surface area contributed by atoms with Crippen molar-refractivity contribution in [3.63, 3.8) is 0 Å². The summed E-state index contributed by atoms with van der Waals surface area (Å²) in [6.07, 6.45) is -4.83. The Morgan fingerprint density at radius 2 is 2.11 bits per heavy atom. The highest BCUT2D eigenvalue weighted by Crippen LogP contribution is 2.36. The van der Waals surface area contributed by atoms with Gasteiger partial charge < -0.3 is 10.5 Å². The number of carbonyl (C=O) groups excluding carboxylic acids is 1. The van der Waals surface area contributed by atoms with Crippen LogP contribution in [0, 0.1) is 11.3 Å². The van der Waals surface area contributed by atoms with Crippen LogP contribution in [0.15, 0.2) is 12.1 Å². The van der Waals surface area contributed by atoms with Crippen LogP contribution in [0.4, 0.5) is 13.2 Å². The number of nitrogens with zero attached hydrogens (tertiary/aromatic N) is 1. The van der Waals surface area contributed by atoms with Crippen LogP contribution in [-0.2, 0) is 17.5 Å². The summed E-state index contributed by atoms with van der Waals surface area (Å²) < 4.78 is 43.0. The Kier molecular flexibility index (Phi) is 3.93. The quantitative estimate of drug-likeness (QED) is 0.821. The first-order valence-corrected chi connectivity index (χ1v) is 4.78. The Morgan fingerprint density at radius 3 is 2.50 bits per heavy atom. The van der Waals surface area contributed by atoms with Gasteiger partial charge in [-0.1, -0.05) is 6.07 Å². The zero-order valence-corrected chi connectivity index (χ0v) is 9.34. The molecule has 0 radical (unpaired) electrons. The molecule has 0 aliphatic rings. The van der Waals surface area contributed by atoms with Gasteiger partial charge in [0.15, 0.2) is 0 Å². The molecule has 0 aliphatic carbocycles. The molecule has 0 fully saturated rings. The molecule has 96 valence electrons. The molecule has 0 saturated heterocycles. The van der Waals surface area contributed by atoms with Crippen LogP contribution in [0.2, 0.25) is 0 Å². The lowest BCUT2D eigenvalue weighted by Gasteiger charge is -2.15. The summed E-state index contributed by atoms with van der Waals surface area (Å²) in [6.45, 7) is -0.229. The Bertz CT molecular complexity index is 518. The minimum Gasteiger partial charge on any atom is -0.465 e. The van der Waals surface area contributed by atoms with Crippen molar-refractivity contribution in [1.29, 1.82) is 5.26 Å². The molecule has 4 nitrogen and oxygen atoms in total. The van der Waals surface area contributed by atoms with E-state index in [2.05, 4.69) is 4.74 Å². The van der Waals surface area contributed by atoms with Crippen molar-refractivity contribution in [2.24, 2.45) is 5.73 Å². The van der Waals surface area contributed by atoms with Gasteiger partial charge in [-0.05, 0) is 11.6 Å². The molecule has 0 aromatic heterocycles. The number of hydrogen-bond acceptors (Lipinski definition) is 4. The molecule has 1 rings (SSSR count). The maximum Gasteiger partial charge on any atom is 0.418 e. The number of benzene rings is 1. The van der Waals surface area contributed by atoms with Gasteiger partial charge in [0, 0.05) is 6.54 Å². The molecule has 2 N–H and O–H groups in total. The molecule has 1 aromatic carbocycles. The summed E-state index contributed by atoms with van der Waals surface area (Å²) in [5.74, 6) is -1.15. The molecule has 0 heterocycles. The van der Waals surface area contributed by atoms with Gasteiger partial charge in [0.2, 0.25) is 0 Å². The Morgan fingerprint density at radius 1 is 1.50 bits per heavy atom. The maximum atomic E-state index is 12.9. The van der Waals surface area contributed by atoms with Crippen LogP contribution in [0.5, 0.6) is 0 Å². The predicted molar refractivity (Wildman–Crippen MR) is 55.4 cm³/mol. The van der Waals surface area contributed by atoms with Gasteiger partial charge in [0.05, 0.1) is 23.8 Å². The van der Waals surface area contributed by atoms with Crippen molar-refractivity contribution >= 4 is 5.97 Å². The first-order chi connectivity index (χ1) is 8.36. The fraction of sp³-hybridized carbons (Fsp3) is 0.273. The molecule has 0 spiro atoms. The third-order valence-corrected chi connectivity index (χ3v) is 2.31. The number of hydrogen-bond donors (Lipinski definition) is 1. The van der Waals surface area contributed by atoms with Gasteiger partial charge in [0.25, 0.3) is 0 Å². The standard InChI is InChI=1S/C11H9F3N2O2/c1-18-10(17)7-3-2-6(4-15)8(5-16)9(7)11(12,13)14/h2-3H,4,15H2,1H3. The van der Waals surface area contributed by atoms with E-state index in [1.165, 1.54) is 12.1 Å². The number of esters is 1. The Balaban J connectivity index is 3.67. The summed E-state index contributed by atoms with van der Waals surface area (Å²) in [6, 6.07) is 3.60. The summed E-state index contributed by atoms with van der Waals surface area (Å²) in [7, 11) is 0.964. The molecule has 0 amide bonds. The van der Waals surface area contributed by atoms with Crippen molar-refractivity contribution in [1.82, 2.24) is 0 Å². The van der Waals surface area contributed by atoms with E-state index >= 15 is 0 Å². The van der Waals surface area contributed by atoms with Crippen LogP contribution >= 0.6 is 0 Å². The molecule has 7 heteroatoms. The molecule has 0 atom stereocenters. The molecule has 0 bridgehead atoms. The van der Waals surface area contributed by atoms with E-state index in [0.29, 0.717) is 0 Å². The van der Waals surface area contributed by atoms with Crippen molar-refractivity contribution < 1.29 is 22.7 Å². The summed E-state index contributed by atoms with van der Waals surface area (Å²) in [4.78, 5) is 11.3. The highest BCUT2D eigenvalue weighted by Gasteiger charge is 2.39. The summed E-state index contributed by atoms with van der Waals surface area (Å²) in [5.41, 5.74) is 2.64. The molecular weight excluding hydrogens is 249 g/mol. The van der Waals surface area contributed by atoms with E-state index in [1.807, 2.05) is 0 Å². The van der Waals surface area contributed by atoms with E-state index in [9.17, 15) is 18.0 Å². The first-order valence-electron chi connectivity index (χ1n) is 4.78. The molecule has 0 saturated carbocycles. The van der Waals surface area contributed by atoms with E-state index in [4.69, 9.17) is 11.0 Å². The fourth-order valence-corrected chi connectivity index (χ4v) is 1.52. The van der Waals surface area contributed by atoms with Crippen LogP contribution < -0.4 is 5.73 Å². The number of methoxy groups -OCH3 is 1.